The molecule has 4 nitrogen and oxygen atoms in total. The van der Waals surface area contributed by atoms with Crippen LogP contribution in [0.1, 0.15) is 5.56 Å². The number of rotatable bonds is 5. The van der Waals surface area contributed by atoms with Crippen LogP contribution in [0.25, 0.3) is 11.3 Å². The Hall–Kier alpha value is -1.98. The van der Waals surface area contributed by atoms with E-state index in [9.17, 15) is 9.18 Å². The van der Waals surface area contributed by atoms with Crippen LogP contribution in [0, 0.1) is 5.82 Å². The summed E-state index contributed by atoms with van der Waals surface area (Å²) in [4.78, 5) is 12.3. The number of nitrogens with zero attached hydrogens (tertiary/aromatic N) is 1. The number of pyridine rings is 1. The third-order valence-corrected chi connectivity index (χ3v) is 3.13. The van der Waals surface area contributed by atoms with Gasteiger partial charge in [0.2, 0.25) is 0 Å². The van der Waals surface area contributed by atoms with Gasteiger partial charge in [-0.3, -0.25) is 4.79 Å². The molecule has 0 spiro atoms. The summed E-state index contributed by atoms with van der Waals surface area (Å²) >= 11 is 0. The van der Waals surface area contributed by atoms with Gasteiger partial charge in [0.1, 0.15) is 5.82 Å². The highest BCUT2D eigenvalue weighted by Gasteiger charge is 2.09. The standard InChI is InChI=1S/C15H17FN2O2/c1-20-9-8-18-14(7-4-12(10-17)15(18)19)11-2-5-13(16)6-3-11/h2-7H,8-10,17H2,1H3. The van der Waals surface area contributed by atoms with Gasteiger partial charge in [0.15, 0.2) is 0 Å². The fourth-order valence-electron chi connectivity index (χ4n) is 2.06. The molecule has 106 valence electrons. The van der Waals surface area contributed by atoms with E-state index in [0.717, 1.165) is 11.3 Å². The summed E-state index contributed by atoms with van der Waals surface area (Å²) < 4.78 is 19.6. The summed E-state index contributed by atoms with van der Waals surface area (Å²) in [6.45, 7) is 1.04. The number of aromatic nitrogens is 1. The Labute approximate surface area is 116 Å². The van der Waals surface area contributed by atoms with Gasteiger partial charge >= 0.3 is 0 Å². The molecule has 0 unspecified atom stereocenters. The van der Waals surface area contributed by atoms with Crippen LogP contribution in [0.5, 0.6) is 0 Å². The van der Waals surface area contributed by atoms with E-state index in [-0.39, 0.29) is 17.9 Å². The van der Waals surface area contributed by atoms with Crippen molar-refractivity contribution < 1.29 is 9.13 Å². The third-order valence-electron chi connectivity index (χ3n) is 3.13. The normalized spacial score (nSPS) is 10.8. The molecule has 0 aliphatic rings. The maximum Gasteiger partial charge on any atom is 0.255 e. The second-order valence-corrected chi connectivity index (χ2v) is 4.40. The first-order valence-electron chi connectivity index (χ1n) is 6.35. The van der Waals surface area contributed by atoms with Crippen molar-refractivity contribution in [2.75, 3.05) is 13.7 Å². The fourth-order valence-corrected chi connectivity index (χ4v) is 2.06. The van der Waals surface area contributed by atoms with Crippen LogP contribution in [0.3, 0.4) is 0 Å². The molecule has 0 amide bonds. The van der Waals surface area contributed by atoms with Crippen molar-refractivity contribution in [3.05, 3.63) is 58.1 Å². The number of benzene rings is 1. The lowest BCUT2D eigenvalue weighted by Gasteiger charge is -2.14. The zero-order chi connectivity index (χ0) is 14.5. The molecule has 1 heterocycles. The number of ether oxygens (including phenoxy) is 1. The molecule has 0 saturated heterocycles. The third kappa shape index (κ3) is 2.95. The minimum atomic E-state index is -0.307. The van der Waals surface area contributed by atoms with E-state index in [0.29, 0.717) is 18.7 Å². The van der Waals surface area contributed by atoms with Gasteiger partial charge in [-0.15, -0.1) is 0 Å². The Bertz CT molecular complexity index is 635. The first-order chi connectivity index (χ1) is 9.67. The molecule has 2 N–H and O–H groups in total. The van der Waals surface area contributed by atoms with E-state index in [1.54, 1.807) is 29.9 Å². The minimum absolute atomic E-state index is 0.133. The zero-order valence-corrected chi connectivity index (χ0v) is 11.3. The Morgan fingerprint density at radius 3 is 2.50 bits per heavy atom. The van der Waals surface area contributed by atoms with Crippen LogP contribution in [-0.2, 0) is 17.8 Å². The highest BCUT2D eigenvalue weighted by atomic mass is 19.1. The number of halogens is 1. The van der Waals surface area contributed by atoms with Gasteiger partial charge in [-0.1, -0.05) is 6.07 Å². The second-order valence-electron chi connectivity index (χ2n) is 4.40. The molecule has 0 aliphatic carbocycles. The smallest absolute Gasteiger partial charge is 0.255 e. The Kier molecular flexibility index (Phi) is 4.65. The maximum atomic E-state index is 13.0. The molecule has 5 heteroatoms. The van der Waals surface area contributed by atoms with Crippen molar-refractivity contribution in [3.8, 4) is 11.3 Å². The number of hydrogen-bond donors (Lipinski definition) is 1. The van der Waals surface area contributed by atoms with Gasteiger partial charge in [-0.05, 0) is 35.9 Å². The van der Waals surface area contributed by atoms with Gasteiger partial charge in [0.25, 0.3) is 5.56 Å². The maximum absolute atomic E-state index is 13.0. The summed E-state index contributed by atoms with van der Waals surface area (Å²) in [6, 6.07) is 9.58. The van der Waals surface area contributed by atoms with E-state index in [1.165, 1.54) is 12.1 Å². The average Bonchev–Trinajstić information content (AvgIpc) is 2.47. The molecule has 1 aromatic heterocycles. The molecule has 2 rings (SSSR count). The molecule has 20 heavy (non-hydrogen) atoms. The molecule has 0 bridgehead atoms. The lowest BCUT2D eigenvalue weighted by molar-refractivity contribution is 0.186. The molecule has 0 aliphatic heterocycles. The quantitative estimate of drug-likeness (QED) is 0.905. The molecule has 0 saturated carbocycles. The Balaban J connectivity index is 2.54. The number of hydrogen-bond acceptors (Lipinski definition) is 3. The van der Waals surface area contributed by atoms with Crippen molar-refractivity contribution in [2.24, 2.45) is 5.73 Å². The van der Waals surface area contributed by atoms with Crippen LogP contribution < -0.4 is 11.3 Å². The van der Waals surface area contributed by atoms with Crippen LogP contribution in [0.4, 0.5) is 4.39 Å². The summed E-state index contributed by atoms with van der Waals surface area (Å²) in [5.41, 5.74) is 7.48. The average molecular weight is 276 g/mol. The number of nitrogens with two attached hydrogens (primary N) is 1. The first-order valence-corrected chi connectivity index (χ1v) is 6.35. The van der Waals surface area contributed by atoms with E-state index >= 15 is 0 Å². The summed E-state index contributed by atoms with van der Waals surface area (Å²) in [5.74, 6) is -0.307. The lowest BCUT2D eigenvalue weighted by atomic mass is 10.1. The first kappa shape index (κ1) is 14.4. The predicted molar refractivity (Wildman–Crippen MR) is 75.9 cm³/mol. The fraction of sp³-hybridized carbons (Fsp3) is 0.267. The minimum Gasteiger partial charge on any atom is -0.383 e. The van der Waals surface area contributed by atoms with Gasteiger partial charge < -0.3 is 15.0 Å². The highest BCUT2D eigenvalue weighted by Crippen LogP contribution is 2.18. The molecule has 0 fully saturated rings. The predicted octanol–water partition coefficient (Wildman–Crippen LogP) is 1.76. The van der Waals surface area contributed by atoms with Crippen molar-refractivity contribution >= 4 is 0 Å². The van der Waals surface area contributed by atoms with E-state index < -0.39 is 0 Å². The van der Waals surface area contributed by atoms with Crippen molar-refractivity contribution in [2.45, 2.75) is 13.1 Å². The lowest BCUT2D eigenvalue weighted by Crippen LogP contribution is -2.28. The van der Waals surface area contributed by atoms with E-state index in [1.807, 2.05) is 6.07 Å². The molecule has 2 aromatic rings. The van der Waals surface area contributed by atoms with Crippen molar-refractivity contribution in [1.82, 2.24) is 4.57 Å². The molecule has 0 atom stereocenters. The van der Waals surface area contributed by atoms with Crippen molar-refractivity contribution in [1.29, 1.82) is 0 Å². The second kappa shape index (κ2) is 6.45. The van der Waals surface area contributed by atoms with Crippen LogP contribution in [-0.4, -0.2) is 18.3 Å². The zero-order valence-electron chi connectivity index (χ0n) is 11.3. The van der Waals surface area contributed by atoms with E-state index in [2.05, 4.69) is 0 Å². The molecule has 0 radical (unpaired) electrons. The van der Waals surface area contributed by atoms with Crippen LogP contribution in [0.15, 0.2) is 41.2 Å². The van der Waals surface area contributed by atoms with Crippen molar-refractivity contribution in [3.63, 3.8) is 0 Å². The summed E-state index contributed by atoms with van der Waals surface area (Å²) in [7, 11) is 1.58. The summed E-state index contributed by atoms with van der Waals surface area (Å²) in [6.07, 6.45) is 0. The molecular weight excluding hydrogens is 259 g/mol. The van der Waals surface area contributed by atoms with Gasteiger partial charge in [0.05, 0.1) is 12.3 Å². The molecular formula is C15H17FN2O2. The highest BCUT2D eigenvalue weighted by molar-refractivity contribution is 5.59. The Morgan fingerprint density at radius 1 is 1.20 bits per heavy atom. The monoisotopic (exact) mass is 276 g/mol. The Morgan fingerprint density at radius 2 is 1.90 bits per heavy atom. The van der Waals surface area contributed by atoms with Gasteiger partial charge in [0, 0.05) is 25.8 Å². The number of methoxy groups -OCH3 is 1. The van der Waals surface area contributed by atoms with Crippen LogP contribution in [0.2, 0.25) is 0 Å². The van der Waals surface area contributed by atoms with Crippen LogP contribution >= 0.6 is 0 Å². The molecule has 1 aromatic carbocycles. The topological polar surface area (TPSA) is 57.2 Å². The largest absolute Gasteiger partial charge is 0.383 e. The summed E-state index contributed by atoms with van der Waals surface area (Å²) in [5, 5.41) is 0. The van der Waals surface area contributed by atoms with E-state index in [4.69, 9.17) is 10.5 Å². The van der Waals surface area contributed by atoms with Gasteiger partial charge in [-0.25, -0.2) is 4.39 Å². The SMILES string of the molecule is COCCn1c(-c2ccc(F)cc2)ccc(CN)c1=O. The van der Waals surface area contributed by atoms with Gasteiger partial charge in [-0.2, -0.15) is 0 Å².